The van der Waals surface area contributed by atoms with Crippen molar-refractivity contribution in [2.75, 3.05) is 13.1 Å². The molecule has 0 spiro atoms. The number of rotatable bonds is 8. The molecule has 0 N–H and O–H groups in total. The topological polar surface area (TPSA) is 89.4 Å². The van der Waals surface area contributed by atoms with Crippen LogP contribution in [0, 0.1) is 6.92 Å². The van der Waals surface area contributed by atoms with Crippen molar-refractivity contribution in [3.8, 4) is 23.0 Å². The van der Waals surface area contributed by atoms with Gasteiger partial charge in [0.15, 0.2) is 5.76 Å². The van der Waals surface area contributed by atoms with Crippen LogP contribution in [0.1, 0.15) is 32.3 Å². The normalized spacial score (nSPS) is 12.2. The van der Waals surface area contributed by atoms with E-state index in [-0.39, 0.29) is 10.8 Å². The van der Waals surface area contributed by atoms with E-state index in [1.165, 1.54) is 4.31 Å². The van der Waals surface area contributed by atoms with Crippen molar-refractivity contribution in [1.29, 1.82) is 0 Å². The van der Waals surface area contributed by atoms with E-state index in [0.717, 1.165) is 24.0 Å². The standard InChI is InChI=1S/C23H24ClN3O4S/c1-4-6-13-27(5-2)32(28,29)18-11-12-20-19(14-18)15(3)21(30-20)23-25-22(26-31-23)16-7-9-17(24)10-8-16/h7-12,14H,4-6,13H2,1-3H3. The number of hydrogen-bond donors (Lipinski definition) is 0. The van der Waals surface area contributed by atoms with Gasteiger partial charge in [0, 0.05) is 34.6 Å². The Hall–Kier alpha value is -2.68. The van der Waals surface area contributed by atoms with E-state index in [0.29, 0.717) is 40.7 Å². The van der Waals surface area contributed by atoms with E-state index in [4.69, 9.17) is 20.5 Å². The first-order valence-electron chi connectivity index (χ1n) is 10.5. The molecule has 32 heavy (non-hydrogen) atoms. The van der Waals surface area contributed by atoms with Gasteiger partial charge in [-0.25, -0.2) is 8.42 Å². The molecular formula is C23H24ClN3O4S. The molecule has 0 atom stereocenters. The first-order valence-corrected chi connectivity index (χ1v) is 12.3. The van der Waals surface area contributed by atoms with Crippen molar-refractivity contribution < 1.29 is 17.4 Å². The number of unbranched alkanes of at least 4 members (excludes halogenated alkanes) is 1. The quantitative estimate of drug-likeness (QED) is 0.315. The monoisotopic (exact) mass is 473 g/mol. The van der Waals surface area contributed by atoms with Crippen LogP contribution < -0.4 is 0 Å². The van der Waals surface area contributed by atoms with E-state index in [1.54, 1.807) is 42.5 Å². The molecule has 0 radical (unpaired) electrons. The minimum atomic E-state index is -3.59. The van der Waals surface area contributed by atoms with Crippen LogP contribution in [0.25, 0.3) is 34.0 Å². The fourth-order valence-electron chi connectivity index (χ4n) is 3.53. The lowest BCUT2D eigenvalue weighted by Crippen LogP contribution is -2.31. The predicted molar refractivity (Wildman–Crippen MR) is 124 cm³/mol. The minimum absolute atomic E-state index is 0.228. The van der Waals surface area contributed by atoms with Crippen LogP contribution in [-0.2, 0) is 10.0 Å². The van der Waals surface area contributed by atoms with Crippen LogP contribution in [-0.4, -0.2) is 36.0 Å². The highest BCUT2D eigenvalue weighted by molar-refractivity contribution is 7.89. The Morgan fingerprint density at radius 3 is 2.53 bits per heavy atom. The molecule has 2 aromatic carbocycles. The number of aromatic nitrogens is 2. The molecule has 0 bridgehead atoms. The molecule has 4 aromatic rings. The summed E-state index contributed by atoms with van der Waals surface area (Å²) in [6.07, 6.45) is 1.74. The Balaban J connectivity index is 1.70. The average molecular weight is 474 g/mol. The van der Waals surface area contributed by atoms with E-state index in [1.807, 2.05) is 20.8 Å². The summed E-state index contributed by atoms with van der Waals surface area (Å²) in [5.74, 6) is 1.06. The number of furan rings is 1. The van der Waals surface area contributed by atoms with Gasteiger partial charge < -0.3 is 8.94 Å². The van der Waals surface area contributed by atoms with E-state index in [9.17, 15) is 8.42 Å². The number of benzene rings is 2. The Kier molecular flexibility index (Phi) is 6.37. The third-order valence-corrected chi connectivity index (χ3v) is 7.60. The zero-order valence-corrected chi connectivity index (χ0v) is 19.7. The van der Waals surface area contributed by atoms with Gasteiger partial charge in [0.2, 0.25) is 15.8 Å². The van der Waals surface area contributed by atoms with Gasteiger partial charge in [-0.2, -0.15) is 9.29 Å². The van der Waals surface area contributed by atoms with E-state index >= 15 is 0 Å². The van der Waals surface area contributed by atoms with Crippen LogP contribution in [0.15, 0.2) is 56.3 Å². The van der Waals surface area contributed by atoms with E-state index < -0.39 is 10.0 Å². The SMILES string of the molecule is CCCCN(CC)S(=O)(=O)c1ccc2oc(-c3nc(-c4ccc(Cl)cc4)no3)c(C)c2c1. The first kappa shape index (κ1) is 22.5. The van der Waals surface area contributed by atoms with Crippen molar-refractivity contribution >= 4 is 32.6 Å². The third-order valence-electron chi connectivity index (χ3n) is 5.38. The number of hydrogen-bond acceptors (Lipinski definition) is 6. The molecule has 168 valence electrons. The second kappa shape index (κ2) is 9.05. The number of halogens is 1. The molecular weight excluding hydrogens is 450 g/mol. The van der Waals surface area contributed by atoms with Crippen LogP contribution >= 0.6 is 11.6 Å². The summed E-state index contributed by atoms with van der Waals surface area (Å²) in [6, 6.07) is 12.0. The molecule has 0 amide bonds. The number of aryl methyl sites for hydroxylation is 1. The number of sulfonamides is 1. The van der Waals surface area contributed by atoms with Crippen LogP contribution in [0.3, 0.4) is 0 Å². The molecule has 0 saturated carbocycles. The highest BCUT2D eigenvalue weighted by atomic mass is 35.5. The zero-order valence-electron chi connectivity index (χ0n) is 18.1. The number of fused-ring (bicyclic) bond motifs is 1. The predicted octanol–water partition coefficient (Wildman–Crippen LogP) is 5.92. The summed E-state index contributed by atoms with van der Waals surface area (Å²) in [5.41, 5.74) is 2.05. The van der Waals surface area contributed by atoms with Gasteiger partial charge in [0.1, 0.15) is 5.58 Å². The molecule has 9 heteroatoms. The molecule has 0 unspecified atom stereocenters. The van der Waals surface area contributed by atoms with Crippen molar-refractivity contribution in [2.24, 2.45) is 0 Å². The molecule has 0 saturated heterocycles. The van der Waals surface area contributed by atoms with Crippen LogP contribution in [0.2, 0.25) is 5.02 Å². The minimum Gasteiger partial charge on any atom is -0.451 e. The van der Waals surface area contributed by atoms with Crippen molar-refractivity contribution in [2.45, 2.75) is 38.5 Å². The third kappa shape index (κ3) is 4.18. The maximum absolute atomic E-state index is 13.1. The Morgan fingerprint density at radius 1 is 1.09 bits per heavy atom. The summed E-state index contributed by atoms with van der Waals surface area (Å²) in [7, 11) is -3.59. The Labute approximate surface area is 192 Å². The summed E-state index contributed by atoms with van der Waals surface area (Å²) < 4.78 is 39.1. The zero-order chi connectivity index (χ0) is 22.9. The first-order chi connectivity index (χ1) is 15.3. The van der Waals surface area contributed by atoms with E-state index in [2.05, 4.69) is 10.1 Å². The molecule has 2 heterocycles. The molecule has 0 aliphatic carbocycles. The lowest BCUT2D eigenvalue weighted by molar-refractivity contribution is 0.418. The fraction of sp³-hybridized carbons (Fsp3) is 0.304. The smallest absolute Gasteiger partial charge is 0.294 e. The molecule has 7 nitrogen and oxygen atoms in total. The van der Waals surface area contributed by atoms with Gasteiger partial charge in [-0.15, -0.1) is 0 Å². The molecule has 0 aliphatic rings. The van der Waals surface area contributed by atoms with Gasteiger partial charge in [-0.3, -0.25) is 0 Å². The average Bonchev–Trinajstić information content (AvgIpc) is 3.39. The summed E-state index contributed by atoms with van der Waals surface area (Å²) in [5, 5.41) is 5.34. The lowest BCUT2D eigenvalue weighted by atomic mass is 10.1. The lowest BCUT2D eigenvalue weighted by Gasteiger charge is -2.20. The number of nitrogens with zero attached hydrogens (tertiary/aromatic N) is 3. The summed E-state index contributed by atoms with van der Waals surface area (Å²) >= 11 is 5.94. The van der Waals surface area contributed by atoms with Gasteiger partial charge in [-0.05, 0) is 55.8 Å². The van der Waals surface area contributed by atoms with Gasteiger partial charge in [-0.1, -0.05) is 37.0 Å². The van der Waals surface area contributed by atoms with Gasteiger partial charge in [0.25, 0.3) is 5.89 Å². The second-order valence-corrected chi connectivity index (χ2v) is 9.87. The maximum atomic E-state index is 13.1. The van der Waals surface area contributed by atoms with Crippen molar-refractivity contribution in [3.63, 3.8) is 0 Å². The highest BCUT2D eigenvalue weighted by Gasteiger charge is 2.25. The van der Waals surface area contributed by atoms with Crippen molar-refractivity contribution in [1.82, 2.24) is 14.4 Å². The molecule has 4 rings (SSSR count). The van der Waals surface area contributed by atoms with Crippen LogP contribution in [0.4, 0.5) is 0 Å². The highest BCUT2D eigenvalue weighted by Crippen LogP contribution is 2.35. The van der Waals surface area contributed by atoms with Crippen LogP contribution in [0.5, 0.6) is 0 Å². The summed E-state index contributed by atoms with van der Waals surface area (Å²) in [6.45, 7) is 6.65. The Bertz CT molecular complexity index is 1340. The molecule has 0 fully saturated rings. The second-order valence-electron chi connectivity index (χ2n) is 7.49. The fourth-order valence-corrected chi connectivity index (χ4v) is 5.17. The largest absolute Gasteiger partial charge is 0.451 e. The Morgan fingerprint density at radius 2 is 1.84 bits per heavy atom. The van der Waals surface area contributed by atoms with Gasteiger partial charge in [0.05, 0.1) is 4.90 Å². The van der Waals surface area contributed by atoms with Gasteiger partial charge >= 0.3 is 0 Å². The summed E-state index contributed by atoms with van der Waals surface area (Å²) in [4.78, 5) is 4.68. The maximum Gasteiger partial charge on any atom is 0.294 e. The molecule has 0 aliphatic heterocycles. The molecule has 2 aromatic heterocycles. The van der Waals surface area contributed by atoms with Crippen molar-refractivity contribution in [3.05, 3.63) is 53.1 Å².